The van der Waals surface area contributed by atoms with Crippen molar-refractivity contribution in [2.75, 3.05) is 5.32 Å². The Hall–Kier alpha value is -4.13. The lowest BCUT2D eigenvalue weighted by atomic mass is 10.1. The zero-order chi connectivity index (χ0) is 28.2. The van der Waals surface area contributed by atoms with E-state index in [2.05, 4.69) is 32.8 Å². The van der Waals surface area contributed by atoms with E-state index in [9.17, 15) is 23.1 Å². The molecule has 1 aliphatic carbocycles. The zero-order valence-electron chi connectivity index (χ0n) is 20.1. The molecule has 1 heterocycles. The van der Waals surface area contributed by atoms with Gasteiger partial charge in [-0.1, -0.05) is 54.1 Å². The largest absolute Gasteiger partial charge is 0.490 e. The highest BCUT2D eigenvalue weighted by atomic mass is 35.5. The Morgan fingerprint density at radius 1 is 1.10 bits per heavy atom. The Kier molecular flexibility index (Phi) is 8.38. The number of aliphatic hydroxyl groups is 1. The molecule has 0 fully saturated rings. The number of aromatic amines is 1. The van der Waals surface area contributed by atoms with Crippen LogP contribution in [-0.2, 0) is 17.8 Å². The fraction of sp³-hybridized carbons (Fsp3) is 0.192. The lowest BCUT2D eigenvalue weighted by Gasteiger charge is -2.18. The van der Waals surface area contributed by atoms with Crippen molar-refractivity contribution in [3.63, 3.8) is 0 Å². The maximum atomic E-state index is 12.3. The number of hydrogen-bond donors (Lipinski definition) is 5. The number of nitrogens with zero attached hydrogens (tertiary/aromatic N) is 2. The van der Waals surface area contributed by atoms with E-state index < -0.39 is 18.2 Å². The molecule has 0 bridgehead atoms. The monoisotopic (exact) mass is 561 g/mol. The molecule has 2 atom stereocenters. The van der Waals surface area contributed by atoms with Crippen molar-refractivity contribution in [2.24, 2.45) is 0 Å². The van der Waals surface area contributed by atoms with Crippen LogP contribution in [0.4, 0.5) is 24.8 Å². The number of anilines is 2. The molecule has 9 nitrogen and oxygen atoms in total. The summed E-state index contributed by atoms with van der Waals surface area (Å²) in [6.45, 7) is 0.635. The Morgan fingerprint density at radius 3 is 2.46 bits per heavy atom. The predicted molar refractivity (Wildman–Crippen MR) is 138 cm³/mol. The number of carbonyl (C=O) groups is 1. The number of benzene rings is 3. The summed E-state index contributed by atoms with van der Waals surface area (Å²) in [5, 5.41) is 28.9. The molecule has 0 aliphatic heterocycles. The first-order valence-corrected chi connectivity index (χ1v) is 12.0. The molecule has 39 heavy (non-hydrogen) atoms. The van der Waals surface area contributed by atoms with Crippen LogP contribution in [-0.4, -0.2) is 43.2 Å². The zero-order valence-corrected chi connectivity index (χ0v) is 20.9. The maximum Gasteiger partial charge on any atom is 0.490 e. The van der Waals surface area contributed by atoms with Gasteiger partial charge >= 0.3 is 17.8 Å². The molecule has 204 valence electrons. The van der Waals surface area contributed by atoms with Gasteiger partial charge in [0.05, 0.1) is 17.8 Å². The third-order valence-corrected chi connectivity index (χ3v) is 6.09. The molecule has 1 aromatic heterocycles. The van der Waals surface area contributed by atoms with E-state index in [1.807, 2.05) is 36.4 Å². The number of carboxylic acids is 1. The lowest BCUT2D eigenvalue weighted by molar-refractivity contribution is -0.192. The average molecular weight is 562 g/mol. The number of nitrogens with one attached hydrogen (secondary N) is 3. The van der Waals surface area contributed by atoms with Crippen molar-refractivity contribution < 1.29 is 28.2 Å². The number of halogens is 4. The minimum absolute atomic E-state index is 0.0652. The molecule has 1 aliphatic rings. The quantitative estimate of drug-likeness (QED) is 0.237. The van der Waals surface area contributed by atoms with Gasteiger partial charge in [0.25, 0.3) is 0 Å². The van der Waals surface area contributed by atoms with Crippen molar-refractivity contribution >= 4 is 29.2 Å². The van der Waals surface area contributed by atoms with E-state index in [0.29, 0.717) is 29.6 Å². The minimum atomic E-state index is -5.08. The second-order valence-corrected chi connectivity index (χ2v) is 9.06. The Morgan fingerprint density at radius 2 is 1.79 bits per heavy atom. The van der Waals surface area contributed by atoms with Gasteiger partial charge in [-0.25, -0.2) is 9.59 Å². The van der Waals surface area contributed by atoms with Gasteiger partial charge in [0.15, 0.2) is 0 Å². The van der Waals surface area contributed by atoms with Crippen LogP contribution in [0.15, 0.2) is 77.6 Å². The van der Waals surface area contributed by atoms with Gasteiger partial charge in [-0.15, -0.1) is 5.10 Å². The summed E-state index contributed by atoms with van der Waals surface area (Å²) >= 11 is 6.01. The van der Waals surface area contributed by atoms with E-state index >= 15 is 0 Å². The Bertz CT molecular complexity index is 1500. The van der Waals surface area contributed by atoms with E-state index in [1.165, 1.54) is 10.2 Å². The van der Waals surface area contributed by atoms with Gasteiger partial charge < -0.3 is 20.8 Å². The van der Waals surface area contributed by atoms with Crippen molar-refractivity contribution in [3.05, 3.63) is 105 Å². The average Bonchev–Trinajstić information content (AvgIpc) is 3.41. The molecular weight excluding hydrogens is 539 g/mol. The third kappa shape index (κ3) is 7.05. The number of rotatable bonds is 6. The van der Waals surface area contributed by atoms with E-state index in [-0.39, 0.29) is 11.7 Å². The minimum Gasteiger partial charge on any atom is -0.475 e. The number of aromatic nitrogens is 3. The third-order valence-electron chi connectivity index (χ3n) is 5.86. The van der Waals surface area contributed by atoms with Gasteiger partial charge in [0.1, 0.15) is 0 Å². The number of alkyl halides is 3. The molecule has 13 heteroatoms. The highest BCUT2D eigenvalue weighted by Gasteiger charge is 2.38. The first-order valence-electron chi connectivity index (χ1n) is 11.6. The fourth-order valence-corrected chi connectivity index (χ4v) is 4.24. The van der Waals surface area contributed by atoms with Crippen molar-refractivity contribution in [2.45, 2.75) is 31.3 Å². The fourth-order valence-electron chi connectivity index (χ4n) is 4.05. The second-order valence-electron chi connectivity index (χ2n) is 8.62. The normalized spacial score (nSPS) is 16.2. The molecular formula is C26H23ClF3N5O4. The number of hydrogen-bond acceptors (Lipinski definition) is 6. The van der Waals surface area contributed by atoms with E-state index in [1.54, 1.807) is 24.3 Å². The highest BCUT2D eigenvalue weighted by molar-refractivity contribution is 6.30. The first kappa shape index (κ1) is 27.9. The SMILES string of the molecule is O=C(O)C(F)(F)F.O=c1[nH]c(Nc2ccc(CN[C@@H]3c4ccccc4C[C@@H]3O)cc2)nn1-c1cccc(Cl)c1. The summed E-state index contributed by atoms with van der Waals surface area (Å²) in [4.78, 5) is 23.9. The van der Waals surface area contributed by atoms with Crippen LogP contribution in [0.3, 0.4) is 0 Å². The molecule has 5 N–H and O–H groups in total. The highest BCUT2D eigenvalue weighted by Crippen LogP contribution is 2.31. The smallest absolute Gasteiger partial charge is 0.475 e. The topological polar surface area (TPSA) is 132 Å². The van der Waals surface area contributed by atoms with Crippen LogP contribution in [0, 0.1) is 0 Å². The van der Waals surface area contributed by atoms with Crippen LogP contribution in [0.5, 0.6) is 0 Å². The second kappa shape index (κ2) is 11.7. The van der Waals surface area contributed by atoms with Crippen LogP contribution < -0.4 is 16.3 Å². The van der Waals surface area contributed by atoms with Crippen LogP contribution in [0.1, 0.15) is 22.7 Å². The number of H-pyrrole nitrogens is 1. The standard InChI is InChI=1S/C24H22ClN5O2.C2HF3O2/c25-17-5-3-6-19(13-17)30-24(32)28-23(29-30)27-18-10-8-15(9-11-18)14-26-22-20-7-2-1-4-16(20)12-21(22)31;3-2(4,5)1(6)7/h1-11,13,21-22,26,31H,12,14H2,(H2,27,28,29,32);(H,6,7)/t21-,22+;/m0./s1. The summed E-state index contributed by atoms with van der Waals surface area (Å²) < 4.78 is 33.0. The van der Waals surface area contributed by atoms with Crippen LogP contribution in [0.2, 0.25) is 5.02 Å². The molecule has 0 spiro atoms. The number of aliphatic hydroxyl groups excluding tert-OH is 1. The molecule has 0 unspecified atom stereocenters. The van der Waals surface area contributed by atoms with E-state index in [4.69, 9.17) is 21.5 Å². The molecule has 5 rings (SSSR count). The van der Waals surface area contributed by atoms with Crippen molar-refractivity contribution in [3.8, 4) is 5.69 Å². The lowest BCUT2D eigenvalue weighted by Crippen LogP contribution is -2.28. The molecule has 0 amide bonds. The van der Waals surface area contributed by atoms with Gasteiger partial charge in [0, 0.05) is 23.7 Å². The molecule has 4 aromatic rings. The van der Waals surface area contributed by atoms with Gasteiger partial charge in [0.2, 0.25) is 5.95 Å². The summed E-state index contributed by atoms with van der Waals surface area (Å²) in [7, 11) is 0. The van der Waals surface area contributed by atoms with Gasteiger partial charge in [-0.05, 0) is 47.0 Å². The Labute approximate surface area is 224 Å². The van der Waals surface area contributed by atoms with Crippen molar-refractivity contribution in [1.82, 2.24) is 20.1 Å². The van der Waals surface area contributed by atoms with Crippen molar-refractivity contribution in [1.29, 1.82) is 0 Å². The molecule has 3 aromatic carbocycles. The number of aliphatic carboxylic acids is 1. The summed E-state index contributed by atoms with van der Waals surface area (Å²) in [6.07, 6.45) is -4.82. The summed E-state index contributed by atoms with van der Waals surface area (Å²) in [6, 6.07) is 22.9. The van der Waals surface area contributed by atoms with Gasteiger partial charge in [-0.2, -0.15) is 17.9 Å². The number of fused-ring (bicyclic) bond motifs is 1. The summed E-state index contributed by atoms with van der Waals surface area (Å²) in [5.74, 6) is -2.42. The van der Waals surface area contributed by atoms with Gasteiger partial charge in [-0.3, -0.25) is 4.98 Å². The Balaban J connectivity index is 0.000000448. The first-order chi connectivity index (χ1) is 18.5. The maximum absolute atomic E-state index is 12.3. The molecule has 0 saturated carbocycles. The molecule has 0 saturated heterocycles. The van der Waals surface area contributed by atoms with Crippen LogP contribution >= 0.6 is 11.6 Å². The number of carboxylic acid groups (broad SMARTS) is 1. The predicted octanol–water partition coefficient (Wildman–Crippen LogP) is 4.34. The summed E-state index contributed by atoms with van der Waals surface area (Å²) in [5.41, 5.74) is 4.48. The molecule has 0 radical (unpaired) electrons. The van der Waals surface area contributed by atoms with Crippen LogP contribution in [0.25, 0.3) is 5.69 Å². The van der Waals surface area contributed by atoms with E-state index in [0.717, 1.165) is 16.8 Å².